The number of benzene rings is 1. The van der Waals surface area contributed by atoms with E-state index in [2.05, 4.69) is 24.9 Å². The van der Waals surface area contributed by atoms with Crippen molar-refractivity contribution in [1.29, 1.82) is 0 Å². The van der Waals surface area contributed by atoms with Crippen LogP contribution < -0.4 is 9.47 Å². The predicted molar refractivity (Wildman–Crippen MR) is 103 cm³/mol. The van der Waals surface area contributed by atoms with Gasteiger partial charge in [-0.2, -0.15) is 0 Å². The first kappa shape index (κ1) is 17.8. The van der Waals surface area contributed by atoms with Gasteiger partial charge < -0.3 is 14.4 Å². The number of amides is 1. The van der Waals surface area contributed by atoms with E-state index in [0.29, 0.717) is 25.3 Å². The highest BCUT2D eigenvalue weighted by molar-refractivity contribution is 5.97. The maximum absolute atomic E-state index is 13.1. The second-order valence-electron chi connectivity index (χ2n) is 8.11. The van der Waals surface area contributed by atoms with E-state index in [1.807, 2.05) is 36.2 Å². The Morgan fingerprint density at radius 3 is 2.78 bits per heavy atom. The molecule has 3 heterocycles. The fraction of sp³-hybridized carbons (Fsp3) is 0.455. The number of carbonyl (C=O) groups is 1. The first-order chi connectivity index (χ1) is 13.0. The van der Waals surface area contributed by atoms with Crippen molar-refractivity contribution in [2.75, 3.05) is 19.7 Å². The Balaban J connectivity index is 1.43. The molecule has 0 radical (unpaired) electrons. The minimum absolute atomic E-state index is 0.0468. The van der Waals surface area contributed by atoms with Gasteiger partial charge in [0.15, 0.2) is 0 Å². The van der Waals surface area contributed by atoms with E-state index in [1.165, 1.54) is 0 Å². The van der Waals surface area contributed by atoms with Gasteiger partial charge in [-0.25, -0.2) is 0 Å². The number of hydrogen-bond donors (Lipinski definition) is 0. The molecule has 0 atom stereocenters. The van der Waals surface area contributed by atoms with Crippen LogP contribution in [-0.2, 0) is 5.41 Å². The fourth-order valence-corrected chi connectivity index (χ4v) is 3.84. The van der Waals surface area contributed by atoms with Gasteiger partial charge in [-0.15, -0.1) is 0 Å². The zero-order chi connectivity index (χ0) is 19.0. The van der Waals surface area contributed by atoms with Crippen LogP contribution in [0.2, 0.25) is 0 Å². The number of likely N-dealkylation sites (tertiary alicyclic amines) is 1. The molecule has 27 heavy (non-hydrogen) atoms. The van der Waals surface area contributed by atoms with Crippen LogP contribution in [0.3, 0.4) is 0 Å². The summed E-state index contributed by atoms with van der Waals surface area (Å²) in [5.41, 5.74) is 2.80. The SMILES string of the molecule is Cc1cnccc1OC1CCN(C(=O)c2cccc3c2OCC3(C)C)CC1. The van der Waals surface area contributed by atoms with Crippen molar-refractivity contribution in [3.05, 3.63) is 53.3 Å². The Morgan fingerprint density at radius 2 is 2.04 bits per heavy atom. The van der Waals surface area contributed by atoms with E-state index in [4.69, 9.17) is 9.47 Å². The molecule has 0 N–H and O–H groups in total. The van der Waals surface area contributed by atoms with E-state index in [0.717, 1.165) is 35.5 Å². The molecule has 2 aliphatic heterocycles. The third kappa shape index (κ3) is 3.38. The van der Waals surface area contributed by atoms with Gasteiger partial charge in [0.2, 0.25) is 0 Å². The maximum atomic E-state index is 13.1. The van der Waals surface area contributed by atoms with Crippen molar-refractivity contribution < 1.29 is 14.3 Å². The van der Waals surface area contributed by atoms with Gasteiger partial charge in [-0.3, -0.25) is 9.78 Å². The highest BCUT2D eigenvalue weighted by Crippen LogP contribution is 2.41. The summed E-state index contributed by atoms with van der Waals surface area (Å²) in [6, 6.07) is 7.81. The normalized spacial score (nSPS) is 18.7. The van der Waals surface area contributed by atoms with Crippen LogP contribution in [0, 0.1) is 6.92 Å². The monoisotopic (exact) mass is 366 g/mol. The Labute approximate surface area is 160 Å². The number of ether oxygens (including phenoxy) is 2. The van der Waals surface area contributed by atoms with Gasteiger partial charge >= 0.3 is 0 Å². The van der Waals surface area contributed by atoms with Crippen LogP contribution in [-0.4, -0.2) is 41.6 Å². The van der Waals surface area contributed by atoms with Gasteiger partial charge in [-0.05, 0) is 19.1 Å². The Hall–Kier alpha value is -2.56. The Bertz CT molecular complexity index is 854. The van der Waals surface area contributed by atoms with Crippen LogP contribution >= 0.6 is 0 Å². The predicted octanol–water partition coefficient (Wildman–Crippen LogP) is 3.74. The van der Waals surface area contributed by atoms with Crippen molar-refractivity contribution in [3.63, 3.8) is 0 Å². The Kier molecular flexibility index (Phi) is 4.54. The molecule has 2 aliphatic rings. The molecule has 0 bridgehead atoms. The van der Waals surface area contributed by atoms with Crippen LogP contribution in [0.4, 0.5) is 0 Å². The number of hydrogen-bond acceptors (Lipinski definition) is 4. The molecule has 0 spiro atoms. The summed E-state index contributed by atoms with van der Waals surface area (Å²) >= 11 is 0. The van der Waals surface area contributed by atoms with Gasteiger partial charge in [0.1, 0.15) is 17.6 Å². The fourth-order valence-electron chi connectivity index (χ4n) is 3.84. The molecule has 5 heteroatoms. The lowest BCUT2D eigenvalue weighted by Crippen LogP contribution is -2.42. The zero-order valence-electron chi connectivity index (χ0n) is 16.2. The molecule has 1 fully saturated rings. The average Bonchev–Trinajstić information content (AvgIpc) is 2.99. The first-order valence-corrected chi connectivity index (χ1v) is 9.58. The highest BCUT2D eigenvalue weighted by Gasteiger charge is 2.36. The lowest BCUT2D eigenvalue weighted by atomic mass is 9.86. The third-order valence-electron chi connectivity index (χ3n) is 5.54. The van der Waals surface area contributed by atoms with Gasteiger partial charge in [0, 0.05) is 54.9 Å². The Morgan fingerprint density at radius 1 is 1.26 bits per heavy atom. The molecule has 0 unspecified atom stereocenters. The second-order valence-corrected chi connectivity index (χ2v) is 8.11. The summed E-state index contributed by atoms with van der Waals surface area (Å²) in [4.78, 5) is 19.1. The topological polar surface area (TPSA) is 51.7 Å². The number of piperidine rings is 1. The van der Waals surface area contributed by atoms with Gasteiger partial charge in [0.25, 0.3) is 5.91 Å². The van der Waals surface area contributed by atoms with Crippen molar-refractivity contribution in [2.24, 2.45) is 0 Å². The summed E-state index contributed by atoms with van der Waals surface area (Å²) in [7, 11) is 0. The molecule has 142 valence electrons. The molecule has 2 aromatic rings. The molecule has 1 aromatic carbocycles. The summed E-state index contributed by atoms with van der Waals surface area (Å²) in [6.45, 7) is 8.31. The molecular formula is C22H26N2O3. The number of pyridine rings is 1. The van der Waals surface area contributed by atoms with Gasteiger partial charge in [-0.1, -0.05) is 26.0 Å². The number of para-hydroxylation sites is 1. The van der Waals surface area contributed by atoms with Crippen LogP contribution in [0.25, 0.3) is 0 Å². The quantitative estimate of drug-likeness (QED) is 0.830. The number of aromatic nitrogens is 1. The largest absolute Gasteiger partial charge is 0.492 e. The zero-order valence-corrected chi connectivity index (χ0v) is 16.2. The van der Waals surface area contributed by atoms with E-state index in [-0.39, 0.29) is 17.4 Å². The molecule has 4 rings (SSSR count). The van der Waals surface area contributed by atoms with Crippen LogP contribution in [0.1, 0.15) is 48.2 Å². The smallest absolute Gasteiger partial charge is 0.257 e. The number of aryl methyl sites for hydroxylation is 1. The van der Waals surface area contributed by atoms with Crippen LogP contribution in [0.5, 0.6) is 11.5 Å². The number of fused-ring (bicyclic) bond motifs is 1. The average molecular weight is 366 g/mol. The van der Waals surface area contributed by atoms with E-state index in [9.17, 15) is 4.79 Å². The molecule has 1 amide bonds. The second kappa shape index (κ2) is 6.87. The molecule has 1 aromatic heterocycles. The summed E-state index contributed by atoms with van der Waals surface area (Å²) in [5.74, 6) is 1.70. The van der Waals surface area contributed by atoms with Crippen LogP contribution in [0.15, 0.2) is 36.7 Å². The number of carbonyl (C=O) groups excluding carboxylic acids is 1. The van der Waals surface area contributed by atoms with Crippen molar-refractivity contribution in [2.45, 2.75) is 45.1 Å². The molecule has 0 aliphatic carbocycles. The molecule has 0 saturated carbocycles. The summed E-state index contributed by atoms with van der Waals surface area (Å²) in [5, 5.41) is 0. The third-order valence-corrected chi connectivity index (χ3v) is 5.54. The molecular weight excluding hydrogens is 340 g/mol. The lowest BCUT2D eigenvalue weighted by molar-refractivity contribution is 0.0591. The summed E-state index contributed by atoms with van der Waals surface area (Å²) < 4.78 is 12.0. The minimum atomic E-state index is -0.0468. The van der Waals surface area contributed by atoms with Gasteiger partial charge in [0.05, 0.1) is 12.2 Å². The number of nitrogens with zero attached hydrogens (tertiary/aromatic N) is 2. The first-order valence-electron chi connectivity index (χ1n) is 9.58. The molecule has 5 nitrogen and oxygen atoms in total. The molecule has 1 saturated heterocycles. The standard InChI is InChI=1S/C22H26N2O3/c1-15-13-23-10-7-19(15)27-16-8-11-24(12-9-16)21(25)17-5-4-6-18-20(17)26-14-22(18,2)3/h4-7,10,13,16H,8-9,11-12,14H2,1-3H3. The summed E-state index contributed by atoms with van der Waals surface area (Å²) in [6.07, 6.45) is 5.35. The van der Waals surface area contributed by atoms with E-state index >= 15 is 0 Å². The minimum Gasteiger partial charge on any atom is -0.492 e. The van der Waals surface area contributed by atoms with Crippen molar-refractivity contribution in [3.8, 4) is 11.5 Å². The van der Waals surface area contributed by atoms with E-state index in [1.54, 1.807) is 6.20 Å². The maximum Gasteiger partial charge on any atom is 0.257 e. The highest BCUT2D eigenvalue weighted by atomic mass is 16.5. The van der Waals surface area contributed by atoms with Crippen molar-refractivity contribution in [1.82, 2.24) is 9.88 Å². The lowest BCUT2D eigenvalue weighted by Gasteiger charge is -2.32. The van der Waals surface area contributed by atoms with E-state index < -0.39 is 0 Å². The number of rotatable bonds is 3. The van der Waals surface area contributed by atoms with Crippen molar-refractivity contribution >= 4 is 5.91 Å².